The number of aliphatic hydroxyl groups is 1. The van der Waals surface area contributed by atoms with Crippen molar-refractivity contribution in [1.82, 2.24) is 9.97 Å². The Morgan fingerprint density at radius 2 is 2.00 bits per heavy atom. The van der Waals surface area contributed by atoms with Crippen molar-refractivity contribution in [3.05, 3.63) is 17.3 Å². The number of hydrogen-bond acceptors (Lipinski definition) is 5. The molecule has 0 spiro atoms. The molecule has 1 aliphatic rings. The molecule has 0 unspecified atom stereocenters. The molecule has 4 nitrogen and oxygen atoms in total. The lowest BCUT2D eigenvalue weighted by Crippen LogP contribution is -2.44. The highest BCUT2D eigenvalue weighted by Crippen LogP contribution is 2.39. The number of anilines is 1. The Morgan fingerprint density at radius 3 is 2.64 bits per heavy atom. The van der Waals surface area contributed by atoms with Crippen LogP contribution in [0.2, 0.25) is 0 Å². The van der Waals surface area contributed by atoms with E-state index in [0.29, 0.717) is 28.9 Å². The van der Waals surface area contributed by atoms with Crippen LogP contribution < -0.4 is 4.90 Å². The monoisotopic (exact) mass is 331 g/mol. The van der Waals surface area contributed by atoms with Gasteiger partial charge in [-0.2, -0.15) is 13.2 Å². The fourth-order valence-corrected chi connectivity index (χ4v) is 3.94. The molecule has 1 fully saturated rings. The largest absolute Gasteiger partial charge is 0.393 e. The summed E-state index contributed by atoms with van der Waals surface area (Å²) in [6.45, 7) is 0. The highest BCUT2D eigenvalue weighted by Gasteiger charge is 2.37. The van der Waals surface area contributed by atoms with E-state index in [1.54, 1.807) is 11.9 Å². The maximum absolute atomic E-state index is 12.6. The Hall–Kier alpha value is -1.41. The highest BCUT2D eigenvalue weighted by molar-refractivity contribution is 7.18. The third kappa shape index (κ3) is 2.89. The summed E-state index contributed by atoms with van der Waals surface area (Å²) >= 11 is 1.02. The highest BCUT2D eigenvalue weighted by atomic mass is 32.1. The van der Waals surface area contributed by atoms with Gasteiger partial charge in [-0.05, 0) is 31.7 Å². The minimum Gasteiger partial charge on any atom is -0.371 e. The molecular weight excluding hydrogens is 315 g/mol. The molecule has 0 radical (unpaired) electrons. The SMILES string of the molecule is CN(c1ncnc2sc(CC(F)(F)F)cc12)C1(O)CCCC1. The standard InChI is InChI=1S/C14H16F3N3OS/c1-20(13(21)4-2-3-5-13)11-10-6-9(7-14(15,16)17)22-12(10)19-8-18-11/h6,8,21H,2-5,7H2,1H3. The minimum absolute atomic E-state index is 0.205. The molecule has 0 atom stereocenters. The van der Waals surface area contributed by atoms with Crippen LogP contribution in [0.4, 0.5) is 19.0 Å². The van der Waals surface area contributed by atoms with Crippen molar-refractivity contribution in [2.75, 3.05) is 11.9 Å². The van der Waals surface area contributed by atoms with Crippen LogP contribution in [0.25, 0.3) is 10.2 Å². The van der Waals surface area contributed by atoms with E-state index >= 15 is 0 Å². The Balaban J connectivity index is 1.99. The molecule has 0 bridgehead atoms. The van der Waals surface area contributed by atoms with Gasteiger partial charge < -0.3 is 10.0 Å². The van der Waals surface area contributed by atoms with E-state index in [0.717, 1.165) is 24.2 Å². The van der Waals surface area contributed by atoms with Gasteiger partial charge in [-0.3, -0.25) is 0 Å². The van der Waals surface area contributed by atoms with E-state index in [2.05, 4.69) is 9.97 Å². The van der Waals surface area contributed by atoms with E-state index < -0.39 is 18.3 Å². The van der Waals surface area contributed by atoms with Gasteiger partial charge in [-0.1, -0.05) is 0 Å². The van der Waals surface area contributed by atoms with Gasteiger partial charge in [-0.15, -0.1) is 11.3 Å². The first kappa shape index (κ1) is 15.5. The summed E-state index contributed by atoms with van der Waals surface area (Å²) in [5.41, 5.74) is -0.979. The van der Waals surface area contributed by atoms with Crippen LogP contribution in [0.3, 0.4) is 0 Å². The van der Waals surface area contributed by atoms with Crippen LogP contribution in [0.15, 0.2) is 12.4 Å². The van der Waals surface area contributed by atoms with Gasteiger partial charge in [0.1, 0.15) is 22.7 Å². The van der Waals surface area contributed by atoms with Crippen molar-refractivity contribution in [3.8, 4) is 0 Å². The minimum atomic E-state index is -4.25. The van der Waals surface area contributed by atoms with Crippen molar-refractivity contribution >= 4 is 27.4 Å². The quantitative estimate of drug-likeness (QED) is 0.875. The number of nitrogens with zero attached hydrogens (tertiary/aromatic N) is 3. The molecule has 120 valence electrons. The fourth-order valence-electron chi connectivity index (χ4n) is 2.92. The third-order valence-corrected chi connectivity index (χ3v) is 5.12. The lowest BCUT2D eigenvalue weighted by molar-refractivity contribution is -0.126. The Labute approximate surface area is 129 Å². The lowest BCUT2D eigenvalue weighted by Gasteiger charge is -2.34. The Morgan fingerprint density at radius 1 is 1.32 bits per heavy atom. The number of thiophene rings is 1. The van der Waals surface area contributed by atoms with Crippen molar-refractivity contribution in [2.24, 2.45) is 0 Å². The molecular formula is C14H16F3N3OS. The van der Waals surface area contributed by atoms with Gasteiger partial charge in [0.05, 0.1) is 11.8 Å². The third-order valence-electron chi connectivity index (χ3n) is 4.08. The van der Waals surface area contributed by atoms with Crippen molar-refractivity contribution in [2.45, 2.75) is 44.0 Å². The van der Waals surface area contributed by atoms with E-state index in [4.69, 9.17) is 0 Å². The second kappa shape index (κ2) is 5.34. The number of fused-ring (bicyclic) bond motifs is 1. The topological polar surface area (TPSA) is 49.2 Å². The molecule has 0 amide bonds. The first-order valence-corrected chi connectivity index (χ1v) is 7.86. The summed E-state index contributed by atoms with van der Waals surface area (Å²) in [5.74, 6) is 0.485. The molecule has 8 heteroatoms. The smallest absolute Gasteiger partial charge is 0.371 e. The zero-order valence-corrected chi connectivity index (χ0v) is 12.8. The maximum atomic E-state index is 12.6. The molecule has 0 saturated heterocycles. The van der Waals surface area contributed by atoms with Gasteiger partial charge in [0.25, 0.3) is 0 Å². The van der Waals surface area contributed by atoms with E-state index in [-0.39, 0.29) is 4.88 Å². The van der Waals surface area contributed by atoms with Gasteiger partial charge in [0, 0.05) is 11.9 Å². The van der Waals surface area contributed by atoms with Crippen LogP contribution in [0.5, 0.6) is 0 Å². The van der Waals surface area contributed by atoms with E-state index in [1.807, 2.05) is 0 Å². The van der Waals surface area contributed by atoms with Crippen LogP contribution >= 0.6 is 11.3 Å². The molecule has 2 heterocycles. The number of alkyl halides is 3. The summed E-state index contributed by atoms with van der Waals surface area (Å²) in [6.07, 6.45) is -0.759. The van der Waals surface area contributed by atoms with Gasteiger partial charge in [0.15, 0.2) is 0 Å². The molecule has 1 N–H and O–H groups in total. The first-order chi connectivity index (χ1) is 10.3. The predicted octanol–water partition coefficient (Wildman–Crippen LogP) is 3.49. The number of halogens is 3. The number of rotatable bonds is 3. The summed E-state index contributed by atoms with van der Waals surface area (Å²) in [5, 5.41) is 11.2. The Bertz CT molecular complexity index is 680. The van der Waals surface area contributed by atoms with Crippen LogP contribution in [0.1, 0.15) is 30.6 Å². The van der Waals surface area contributed by atoms with Crippen molar-refractivity contribution in [1.29, 1.82) is 0 Å². The normalized spacial score (nSPS) is 18.0. The Kier molecular flexibility index (Phi) is 3.76. The second-order valence-corrected chi connectivity index (χ2v) is 6.78. The lowest BCUT2D eigenvalue weighted by atomic mass is 10.1. The molecule has 1 aliphatic carbocycles. The van der Waals surface area contributed by atoms with E-state index in [9.17, 15) is 18.3 Å². The molecule has 0 aromatic carbocycles. The summed E-state index contributed by atoms with van der Waals surface area (Å²) in [4.78, 5) is 10.6. The van der Waals surface area contributed by atoms with Crippen molar-refractivity contribution in [3.63, 3.8) is 0 Å². The number of aromatic nitrogens is 2. The molecule has 3 rings (SSSR count). The molecule has 1 saturated carbocycles. The molecule has 2 aromatic rings. The van der Waals surface area contributed by atoms with Crippen LogP contribution in [-0.4, -0.2) is 34.0 Å². The zero-order chi connectivity index (χ0) is 16.0. The van der Waals surface area contributed by atoms with Gasteiger partial charge in [0.2, 0.25) is 0 Å². The molecule has 22 heavy (non-hydrogen) atoms. The number of hydrogen-bond donors (Lipinski definition) is 1. The van der Waals surface area contributed by atoms with E-state index in [1.165, 1.54) is 12.4 Å². The maximum Gasteiger partial charge on any atom is 0.393 e. The van der Waals surface area contributed by atoms with Crippen LogP contribution in [0, 0.1) is 0 Å². The van der Waals surface area contributed by atoms with Crippen molar-refractivity contribution < 1.29 is 18.3 Å². The average Bonchev–Trinajstić information content (AvgIpc) is 3.02. The van der Waals surface area contributed by atoms with Gasteiger partial charge in [-0.25, -0.2) is 9.97 Å². The molecule has 0 aliphatic heterocycles. The summed E-state index contributed by atoms with van der Waals surface area (Å²) in [7, 11) is 1.73. The van der Waals surface area contributed by atoms with Gasteiger partial charge >= 0.3 is 6.18 Å². The predicted molar refractivity (Wildman–Crippen MR) is 79.0 cm³/mol. The van der Waals surface area contributed by atoms with Crippen LogP contribution in [-0.2, 0) is 6.42 Å². The average molecular weight is 331 g/mol. The second-order valence-electron chi connectivity index (χ2n) is 5.67. The summed E-state index contributed by atoms with van der Waals surface area (Å²) < 4.78 is 37.7. The molecule has 2 aromatic heterocycles. The summed E-state index contributed by atoms with van der Waals surface area (Å²) in [6, 6.07) is 1.48. The first-order valence-electron chi connectivity index (χ1n) is 7.05. The zero-order valence-electron chi connectivity index (χ0n) is 12.0. The fraction of sp³-hybridized carbons (Fsp3) is 0.571.